The van der Waals surface area contributed by atoms with E-state index in [4.69, 9.17) is 0 Å². The first-order valence-electron chi connectivity index (χ1n) is 9.22. The van der Waals surface area contributed by atoms with Crippen molar-refractivity contribution in [3.05, 3.63) is 83.1 Å². The molecule has 3 rings (SSSR count). The van der Waals surface area contributed by atoms with Crippen LogP contribution in [0.25, 0.3) is 17.3 Å². The van der Waals surface area contributed by atoms with Crippen molar-refractivity contribution in [1.82, 2.24) is 15.5 Å². The molecular weight excluding hydrogens is 348 g/mol. The van der Waals surface area contributed by atoms with Crippen LogP contribution < -0.4 is 5.32 Å². The monoisotopic (exact) mass is 370 g/mol. The standard InChI is InChI=1S/C23H22N4O/c1-3-17-9-11-19(12-10-17)22-21(15-25-27-22)13-20(14-24)23(28)26-16(2)18-7-5-4-6-8-18/h4-13,15-16H,3H2,1-2H3,(H,25,27)(H,26,28)/b20-13+/t16-/m1/s1. The van der Waals surface area contributed by atoms with Gasteiger partial charge in [0.2, 0.25) is 0 Å². The molecule has 5 heteroatoms. The molecule has 0 radical (unpaired) electrons. The Morgan fingerprint density at radius 3 is 2.57 bits per heavy atom. The number of nitrogens with zero attached hydrogens (tertiary/aromatic N) is 2. The number of hydrogen-bond donors (Lipinski definition) is 2. The van der Waals surface area contributed by atoms with Gasteiger partial charge in [-0.3, -0.25) is 9.89 Å². The fourth-order valence-corrected chi connectivity index (χ4v) is 2.95. The Hall–Kier alpha value is -3.65. The third-order valence-electron chi connectivity index (χ3n) is 4.63. The van der Waals surface area contributed by atoms with Gasteiger partial charge in [0.15, 0.2) is 0 Å². The van der Waals surface area contributed by atoms with Crippen molar-refractivity contribution in [3.63, 3.8) is 0 Å². The van der Waals surface area contributed by atoms with Crippen LogP contribution in [0.4, 0.5) is 0 Å². The van der Waals surface area contributed by atoms with Gasteiger partial charge in [-0.1, -0.05) is 61.5 Å². The fourth-order valence-electron chi connectivity index (χ4n) is 2.95. The number of H-pyrrole nitrogens is 1. The van der Waals surface area contributed by atoms with Crippen LogP contribution in [0.1, 0.15) is 36.6 Å². The molecule has 3 aromatic rings. The normalized spacial score (nSPS) is 12.2. The number of carbonyl (C=O) groups is 1. The molecule has 0 spiro atoms. The maximum absolute atomic E-state index is 12.6. The second-order valence-electron chi connectivity index (χ2n) is 6.53. The van der Waals surface area contributed by atoms with Crippen molar-refractivity contribution >= 4 is 12.0 Å². The van der Waals surface area contributed by atoms with E-state index in [0.717, 1.165) is 23.2 Å². The van der Waals surface area contributed by atoms with Crippen molar-refractivity contribution in [2.24, 2.45) is 0 Å². The van der Waals surface area contributed by atoms with Gasteiger partial charge in [0.25, 0.3) is 5.91 Å². The van der Waals surface area contributed by atoms with Crippen LogP contribution in [0.3, 0.4) is 0 Å². The highest BCUT2D eigenvalue weighted by Gasteiger charge is 2.15. The molecule has 0 saturated heterocycles. The molecule has 0 aliphatic rings. The van der Waals surface area contributed by atoms with E-state index < -0.39 is 5.91 Å². The topological polar surface area (TPSA) is 81.6 Å². The molecule has 2 aromatic carbocycles. The molecular formula is C23H22N4O. The zero-order chi connectivity index (χ0) is 19.9. The highest BCUT2D eigenvalue weighted by molar-refractivity contribution is 6.02. The van der Waals surface area contributed by atoms with Gasteiger partial charge >= 0.3 is 0 Å². The number of carbonyl (C=O) groups excluding carboxylic acids is 1. The molecule has 0 aliphatic carbocycles. The Labute approximate surface area is 164 Å². The van der Waals surface area contributed by atoms with Gasteiger partial charge in [0.1, 0.15) is 11.6 Å². The summed E-state index contributed by atoms with van der Waals surface area (Å²) in [5.41, 5.74) is 4.69. The summed E-state index contributed by atoms with van der Waals surface area (Å²) in [5.74, 6) is -0.410. The molecule has 2 N–H and O–H groups in total. The van der Waals surface area contributed by atoms with E-state index in [0.29, 0.717) is 5.56 Å². The molecule has 140 valence electrons. The van der Waals surface area contributed by atoms with Crippen LogP contribution in [0.5, 0.6) is 0 Å². The third-order valence-corrected chi connectivity index (χ3v) is 4.63. The summed E-state index contributed by atoms with van der Waals surface area (Å²) < 4.78 is 0. The molecule has 28 heavy (non-hydrogen) atoms. The number of rotatable bonds is 6. The van der Waals surface area contributed by atoms with E-state index in [9.17, 15) is 10.1 Å². The minimum Gasteiger partial charge on any atom is -0.345 e. The Morgan fingerprint density at radius 1 is 1.21 bits per heavy atom. The minimum absolute atomic E-state index is 0.0376. The van der Waals surface area contributed by atoms with Crippen molar-refractivity contribution < 1.29 is 4.79 Å². The lowest BCUT2D eigenvalue weighted by atomic mass is 10.0. The van der Waals surface area contributed by atoms with E-state index in [1.54, 1.807) is 12.3 Å². The highest BCUT2D eigenvalue weighted by atomic mass is 16.1. The second-order valence-corrected chi connectivity index (χ2v) is 6.53. The van der Waals surface area contributed by atoms with Crippen LogP contribution in [-0.2, 0) is 11.2 Å². The summed E-state index contributed by atoms with van der Waals surface area (Å²) in [4.78, 5) is 12.6. The molecule has 0 fully saturated rings. The maximum atomic E-state index is 12.6. The number of benzene rings is 2. The number of aryl methyl sites for hydroxylation is 1. The molecule has 0 aliphatic heterocycles. The summed E-state index contributed by atoms with van der Waals surface area (Å²) >= 11 is 0. The molecule has 0 bridgehead atoms. The van der Waals surface area contributed by atoms with Gasteiger partial charge in [-0.2, -0.15) is 10.4 Å². The average molecular weight is 370 g/mol. The lowest BCUT2D eigenvalue weighted by Gasteiger charge is -2.13. The Kier molecular flexibility index (Phi) is 6.03. The SMILES string of the molecule is CCc1ccc(-c2[nH]ncc2/C=C(\C#N)C(=O)N[C@H](C)c2ccccc2)cc1. The second kappa shape index (κ2) is 8.83. The van der Waals surface area contributed by atoms with Gasteiger partial charge in [0.05, 0.1) is 17.9 Å². The first-order valence-corrected chi connectivity index (χ1v) is 9.22. The zero-order valence-electron chi connectivity index (χ0n) is 15.9. The van der Waals surface area contributed by atoms with Gasteiger partial charge < -0.3 is 5.32 Å². The molecule has 5 nitrogen and oxygen atoms in total. The number of aromatic nitrogens is 2. The molecule has 1 heterocycles. The minimum atomic E-state index is -0.410. The van der Waals surface area contributed by atoms with Crippen molar-refractivity contribution in [2.45, 2.75) is 26.3 Å². The summed E-state index contributed by atoms with van der Waals surface area (Å²) in [6, 6.07) is 19.6. The summed E-state index contributed by atoms with van der Waals surface area (Å²) in [6.07, 6.45) is 4.16. The highest BCUT2D eigenvalue weighted by Crippen LogP contribution is 2.24. The van der Waals surface area contributed by atoms with Crippen LogP contribution in [-0.4, -0.2) is 16.1 Å². The van der Waals surface area contributed by atoms with E-state index >= 15 is 0 Å². The predicted molar refractivity (Wildman–Crippen MR) is 110 cm³/mol. The smallest absolute Gasteiger partial charge is 0.262 e. The van der Waals surface area contributed by atoms with Crippen LogP contribution in [0.15, 0.2) is 66.4 Å². The first kappa shape index (κ1) is 19.1. The van der Waals surface area contributed by atoms with Gasteiger partial charge in [-0.25, -0.2) is 0 Å². The number of nitriles is 1. The lowest BCUT2D eigenvalue weighted by Crippen LogP contribution is -2.27. The Bertz CT molecular complexity index is 1010. The Morgan fingerprint density at radius 2 is 1.93 bits per heavy atom. The number of hydrogen-bond acceptors (Lipinski definition) is 3. The van der Waals surface area contributed by atoms with Gasteiger partial charge in [0, 0.05) is 11.1 Å². The molecule has 0 unspecified atom stereocenters. The molecule has 1 aromatic heterocycles. The van der Waals surface area contributed by atoms with Crippen LogP contribution >= 0.6 is 0 Å². The summed E-state index contributed by atoms with van der Waals surface area (Å²) in [6.45, 7) is 3.99. The summed E-state index contributed by atoms with van der Waals surface area (Å²) in [5, 5.41) is 19.4. The number of nitrogens with one attached hydrogen (secondary N) is 2. The van der Waals surface area contributed by atoms with Crippen molar-refractivity contribution in [1.29, 1.82) is 5.26 Å². The van der Waals surface area contributed by atoms with Crippen molar-refractivity contribution in [2.75, 3.05) is 0 Å². The molecule has 1 amide bonds. The average Bonchev–Trinajstić information content (AvgIpc) is 3.20. The molecule has 1 atom stereocenters. The van der Waals surface area contributed by atoms with Crippen molar-refractivity contribution in [3.8, 4) is 17.3 Å². The van der Waals surface area contributed by atoms with E-state index in [1.165, 1.54) is 5.56 Å². The first-order chi connectivity index (χ1) is 13.6. The summed E-state index contributed by atoms with van der Waals surface area (Å²) in [7, 11) is 0. The van der Waals surface area contributed by atoms with Gasteiger partial charge in [-0.15, -0.1) is 0 Å². The van der Waals surface area contributed by atoms with E-state index in [2.05, 4.69) is 34.6 Å². The van der Waals surface area contributed by atoms with E-state index in [-0.39, 0.29) is 11.6 Å². The largest absolute Gasteiger partial charge is 0.345 e. The quantitative estimate of drug-likeness (QED) is 0.498. The number of amides is 1. The van der Waals surface area contributed by atoms with Gasteiger partial charge in [-0.05, 0) is 30.5 Å². The third kappa shape index (κ3) is 4.36. The van der Waals surface area contributed by atoms with E-state index in [1.807, 2.05) is 55.5 Å². The number of aromatic amines is 1. The lowest BCUT2D eigenvalue weighted by molar-refractivity contribution is -0.117. The fraction of sp³-hybridized carbons (Fsp3) is 0.174. The Balaban J connectivity index is 1.82. The molecule has 0 saturated carbocycles. The van der Waals surface area contributed by atoms with Crippen LogP contribution in [0, 0.1) is 11.3 Å². The maximum Gasteiger partial charge on any atom is 0.262 e. The predicted octanol–water partition coefficient (Wildman–Crippen LogP) is 4.42. The zero-order valence-corrected chi connectivity index (χ0v) is 15.9. The van der Waals surface area contributed by atoms with Crippen LogP contribution in [0.2, 0.25) is 0 Å².